The minimum absolute atomic E-state index is 0.476. The molecule has 2 aliphatic heterocycles. The smallest absolute Gasteiger partial charge is 0.148 e. The Labute approximate surface area is 178 Å². The molecule has 7 nitrogen and oxygen atoms in total. The summed E-state index contributed by atoms with van der Waals surface area (Å²) < 4.78 is 1.12. The highest BCUT2D eigenvalue weighted by Gasteiger charge is 2.31. The zero-order chi connectivity index (χ0) is 19.9. The van der Waals surface area contributed by atoms with Crippen LogP contribution in [0.4, 0.5) is 5.82 Å². The predicted molar refractivity (Wildman–Crippen MR) is 119 cm³/mol. The fourth-order valence-corrected chi connectivity index (χ4v) is 5.77. The van der Waals surface area contributed by atoms with Gasteiger partial charge >= 0.3 is 0 Å². The van der Waals surface area contributed by atoms with Crippen molar-refractivity contribution in [2.75, 3.05) is 5.32 Å². The van der Waals surface area contributed by atoms with Crippen LogP contribution in [0.2, 0.25) is 0 Å². The minimum Gasteiger partial charge on any atom is -0.366 e. The van der Waals surface area contributed by atoms with E-state index in [9.17, 15) is 0 Å². The van der Waals surface area contributed by atoms with E-state index in [2.05, 4.69) is 60.3 Å². The Morgan fingerprint density at radius 1 is 1.00 bits per heavy atom. The Morgan fingerprint density at radius 2 is 1.87 bits per heavy atom. The Bertz CT molecular complexity index is 1140. The van der Waals surface area contributed by atoms with Crippen LogP contribution in [0.15, 0.2) is 42.2 Å². The second-order valence-corrected chi connectivity index (χ2v) is 9.14. The lowest BCUT2D eigenvalue weighted by Crippen LogP contribution is -2.52. The highest BCUT2D eigenvalue weighted by Crippen LogP contribution is 2.36. The van der Waals surface area contributed by atoms with Gasteiger partial charge in [0.2, 0.25) is 0 Å². The monoisotopic (exact) mass is 417 g/mol. The van der Waals surface area contributed by atoms with Gasteiger partial charge in [-0.2, -0.15) is 5.10 Å². The number of hydrogen-bond donors (Lipinski definition) is 3. The highest BCUT2D eigenvalue weighted by molar-refractivity contribution is 7.17. The molecule has 0 radical (unpaired) electrons. The van der Waals surface area contributed by atoms with Gasteiger partial charge in [-0.3, -0.25) is 5.10 Å². The number of fused-ring (bicyclic) bond motifs is 3. The van der Waals surface area contributed by atoms with Gasteiger partial charge in [-0.15, -0.1) is 21.5 Å². The topological polar surface area (TPSA) is 91.4 Å². The molecule has 152 valence electrons. The third-order valence-electron chi connectivity index (χ3n) is 6.30. The number of rotatable bonds is 4. The number of piperidine rings is 2. The van der Waals surface area contributed by atoms with Crippen molar-refractivity contribution >= 4 is 27.4 Å². The average molecular weight is 418 g/mol. The van der Waals surface area contributed by atoms with Gasteiger partial charge in [-0.1, -0.05) is 18.6 Å². The van der Waals surface area contributed by atoms with Crippen LogP contribution in [0.3, 0.4) is 0 Å². The van der Waals surface area contributed by atoms with Crippen molar-refractivity contribution in [2.45, 2.75) is 50.2 Å². The van der Waals surface area contributed by atoms with Crippen molar-refractivity contribution in [1.82, 2.24) is 30.7 Å². The van der Waals surface area contributed by atoms with E-state index in [1.54, 1.807) is 11.3 Å². The molecular weight excluding hydrogens is 394 g/mol. The molecule has 2 fully saturated rings. The maximum absolute atomic E-state index is 4.59. The van der Waals surface area contributed by atoms with Crippen molar-refractivity contribution in [2.24, 2.45) is 0 Å². The van der Waals surface area contributed by atoms with Crippen molar-refractivity contribution in [1.29, 1.82) is 0 Å². The Morgan fingerprint density at radius 3 is 2.63 bits per heavy atom. The number of H-pyrrole nitrogens is 1. The van der Waals surface area contributed by atoms with Gasteiger partial charge in [0.1, 0.15) is 5.82 Å². The van der Waals surface area contributed by atoms with Crippen molar-refractivity contribution in [3.8, 4) is 22.4 Å². The van der Waals surface area contributed by atoms with Crippen LogP contribution >= 0.6 is 11.3 Å². The first-order chi connectivity index (χ1) is 14.8. The van der Waals surface area contributed by atoms with Crippen LogP contribution in [-0.2, 0) is 0 Å². The van der Waals surface area contributed by atoms with Crippen molar-refractivity contribution in [3.05, 3.63) is 42.2 Å². The largest absolute Gasteiger partial charge is 0.366 e. The van der Waals surface area contributed by atoms with E-state index in [1.807, 2.05) is 17.9 Å². The summed E-state index contributed by atoms with van der Waals surface area (Å²) in [5.74, 6) is 0.860. The molecule has 0 aliphatic carbocycles. The molecule has 5 heterocycles. The summed E-state index contributed by atoms with van der Waals surface area (Å²) in [7, 11) is 0. The zero-order valence-electron chi connectivity index (χ0n) is 16.5. The van der Waals surface area contributed by atoms with Gasteiger partial charge in [0.15, 0.2) is 0 Å². The molecule has 0 spiro atoms. The Balaban J connectivity index is 1.25. The summed E-state index contributed by atoms with van der Waals surface area (Å²) in [4.78, 5) is 4.59. The highest BCUT2D eigenvalue weighted by atomic mass is 32.1. The number of benzene rings is 1. The van der Waals surface area contributed by atoms with Crippen molar-refractivity contribution in [3.63, 3.8) is 0 Å². The molecule has 1 aromatic carbocycles. The van der Waals surface area contributed by atoms with Gasteiger partial charge in [0.25, 0.3) is 0 Å². The summed E-state index contributed by atoms with van der Waals surface area (Å²) in [6.45, 7) is 0. The van der Waals surface area contributed by atoms with E-state index in [0.29, 0.717) is 18.1 Å². The molecular formula is C22H23N7S. The molecule has 1 unspecified atom stereocenters. The van der Waals surface area contributed by atoms with Gasteiger partial charge < -0.3 is 10.6 Å². The fraction of sp³-hybridized carbons (Fsp3) is 0.364. The molecule has 3 aromatic heterocycles. The lowest BCUT2D eigenvalue weighted by molar-refractivity contribution is 0.230. The van der Waals surface area contributed by atoms with E-state index in [1.165, 1.54) is 19.3 Å². The fourth-order valence-electron chi connectivity index (χ4n) is 4.93. The quantitative estimate of drug-likeness (QED) is 0.460. The van der Waals surface area contributed by atoms with Crippen LogP contribution < -0.4 is 10.6 Å². The standard InChI is InChI=1S/C22H23N7S/c1-2-14-8-16(9-15(3-1)26-14)27-20-7-6-19(28-29-20)18-5-4-17(13-10-24-25-11-13)21-22(18)30-12-23-21/h4-7,10-12,14-16,26H,1-3,8-9H2,(H,24,25)(H,27,29)/t14-,15+,16?. The second kappa shape index (κ2) is 7.45. The summed E-state index contributed by atoms with van der Waals surface area (Å²) in [5.41, 5.74) is 6.91. The summed E-state index contributed by atoms with van der Waals surface area (Å²) in [5, 5.41) is 23.3. The van der Waals surface area contributed by atoms with E-state index in [4.69, 9.17) is 0 Å². The van der Waals surface area contributed by atoms with Crippen LogP contribution in [-0.4, -0.2) is 43.5 Å². The summed E-state index contributed by atoms with van der Waals surface area (Å²) in [6, 6.07) is 10.1. The number of hydrogen-bond acceptors (Lipinski definition) is 7. The number of thiazole rings is 1. The Hall–Kier alpha value is -2.84. The molecule has 0 saturated carbocycles. The van der Waals surface area contributed by atoms with Crippen LogP contribution in [0, 0.1) is 0 Å². The van der Waals surface area contributed by atoms with Gasteiger partial charge in [0.05, 0.1) is 27.6 Å². The third-order valence-corrected chi connectivity index (χ3v) is 7.16. The number of nitrogens with zero attached hydrogens (tertiary/aromatic N) is 4. The van der Waals surface area contributed by atoms with Crippen LogP contribution in [0.5, 0.6) is 0 Å². The molecule has 0 amide bonds. The average Bonchev–Trinajstić information content (AvgIpc) is 3.46. The molecule has 2 bridgehead atoms. The molecule has 2 saturated heterocycles. The van der Waals surface area contributed by atoms with E-state index in [0.717, 1.165) is 51.3 Å². The van der Waals surface area contributed by atoms with Gasteiger partial charge in [0, 0.05) is 41.0 Å². The van der Waals surface area contributed by atoms with Gasteiger partial charge in [-0.05, 0) is 37.8 Å². The molecule has 8 heteroatoms. The lowest BCUT2D eigenvalue weighted by atomic mass is 9.84. The van der Waals surface area contributed by atoms with E-state index in [-0.39, 0.29) is 0 Å². The molecule has 30 heavy (non-hydrogen) atoms. The second-order valence-electron chi connectivity index (χ2n) is 8.29. The number of aromatic nitrogens is 5. The first-order valence-electron chi connectivity index (χ1n) is 10.6. The van der Waals surface area contributed by atoms with Crippen molar-refractivity contribution < 1.29 is 0 Å². The first-order valence-corrected chi connectivity index (χ1v) is 11.4. The maximum Gasteiger partial charge on any atom is 0.148 e. The third kappa shape index (κ3) is 3.26. The number of nitrogens with one attached hydrogen (secondary N) is 3. The van der Waals surface area contributed by atoms with E-state index >= 15 is 0 Å². The van der Waals surface area contributed by atoms with Crippen LogP contribution in [0.1, 0.15) is 32.1 Å². The van der Waals surface area contributed by atoms with Crippen LogP contribution in [0.25, 0.3) is 32.6 Å². The van der Waals surface area contributed by atoms with Gasteiger partial charge in [-0.25, -0.2) is 4.98 Å². The zero-order valence-corrected chi connectivity index (χ0v) is 17.3. The Kier molecular flexibility index (Phi) is 4.46. The van der Waals surface area contributed by atoms with E-state index < -0.39 is 0 Å². The summed E-state index contributed by atoms with van der Waals surface area (Å²) in [6.07, 6.45) is 9.98. The minimum atomic E-state index is 0.476. The predicted octanol–water partition coefficient (Wildman–Crippen LogP) is 4.23. The summed E-state index contributed by atoms with van der Waals surface area (Å²) >= 11 is 1.63. The first kappa shape index (κ1) is 18.0. The molecule has 3 atom stereocenters. The SMILES string of the molecule is c1nc2c(-c3cn[nH]c3)ccc(-c3ccc(NC4C[C@H]5CCC[C@@H](C4)N5)nn3)c2s1. The maximum atomic E-state index is 4.59. The molecule has 6 rings (SSSR count). The number of anilines is 1. The molecule has 3 N–H and O–H groups in total. The molecule has 4 aromatic rings. The molecule has 2 aliphatic rings. The lowest BCUT2D eigenvalue weighted by Gasteiger charge is -2.40. The number of aromatic amines is 1. The normalized spacial score (nSPS) is 23.5.